The molecule has 0 aliphatic carbocycles. The van der Waals surface area contributed by atoms with Gasteiger partial charge in [-0.05, 0) is 53.8 Å². The smallest absolute Gasteiger partial charge is 0.274 e. The van der Waals surface area contributed by atoms with Gasteiger partial charge in [0.25, 0.3) is 5.91 Å². The molecule has 0 fully saturated rings. The Morgan fingerprint density at radius 2 is 1.68 bits per heavy atom. The van der Waals surface area contributed by atoms with Gasteiger partial charge >= 0.3 is 0 Å². The molecule has 4 rings (SSSR count). The van der Waals surface area contributed by atoms with Crippen molar-refractivity contribution < 1.29 is 4.79 Å². The number of hydrogen-bond donors (Lipinski definition) is 1. The number of hydrogen-bond acceptors (Lipinski definition) is 4. The highest BCUT2D eigenvalue weighted by atomic mass is 35.5. The first-order valence-corrected chi connectivity index (χ1v) is 10.5. The van der Waals surface area contributed by atoms with Gasteiger partial charge in [0.05, 0.1) is 12.2 Å². The summed E-state index contributed by atoms with van der Waals surface area (Å²) in [6.07, 6.45) is 6.95. The second kappa shape index (κ2) is 10.00. The largest absolute Gasteiger partial charge is 0.340 e. The van der Waals surface area contributed by atoms with Gasteiger partial charge in [-0.15, -0.1) is 5.10 Å². The Kier molecular flexibility index (Phi) is 6.69. The van der Waals surface area contributed by atoms with Crippen LogP contribution >= 0.6 is 11.6 Å². The highest BCUT2D eigenvalue weighted by Crippen LogP contribution is 2.23. The lowest BCUT2D eigenvalue weighted by Gasteiger charge is -2.19. The average Bonchev–Trinajstić information content (AvgIpc) is 3.28. The van der Waals surface area contributed by atoms with Crippen LogP contribution in [0.15, 0.2) is 85.3 Å². The fourth-order valence-corrected chi connectivity index (χ4v) is 3.50. The predicted octanol–water partition coefficient (Wildman–Crippen LogP) is 4.48. The second-order valence-electron chi connectivity index (χ2n) is 7.19. The van der Waals surface area contributed by atoms with E-state index in [1.807, 2.05) is 42.5 Å². The Labute approximate surface area is 185 Å². The lowest BCUT2D eigenvalue weighted by atomic mass is 9.99. The van der Waals surface area contributed by atoms with Crippen molar-refractivity contribution in [3.05, 3.63) is 113 Å². The molecular weight excluding hydrogens is 410 g/mol. The van der Waals surface area contributed by atoms with Crippen molar-refractivity contribution in [1.29, 1.82) is 0 Å². The van der Waals surface area contributed by atoms with Crippen LogP contribution in [0.4, 0.5) is 0 Å². The Hall–Kier alpha value is -3.51. The van der Waals surface area contributed by atoms with Gasteiger partial charge in [-0.1, -0.05) is 59.3 Å². The van der Waals surface area contributed by atoms with Crippen LogP contribution in [-0.4, -0.2) is 25.9 Å². The van der Waals surface area contributed by atoms with Crippen LogP contribution < -0.4 is 5.32 Å². The van der Waals surface area contributed by atoms with E-state index in [0.29, 0.717) is 11.6 Å². The first kappa shape index (κ1) is 20.8. The number of nitrogens with one attached hydrogen (secondary N) is 1. The van der Waals surface area contributed by atoms with Crippen LogP contribution in [0.3, 0.4) is 0 Å². The summed E-state index contributed by atoms with van der Waals surface area (Å²) in [5.74, 6) is -0.286. The molecule has 0 saturated carbocycles. The molecule has 2 aromatic heterocycles. The van der Waals surface area contributed by atoms with Gasteiger partial charge in [0.2, 0.25) is 0 Å². The number of benzene rings is 2. The van der Waals surface area contributed by atoms with Gasteiger partial charge in [0.15, 0.2) is 5.69 Å². The minimum absolute atomic E-state index is 0.285. The average molecular weight is 432 g/mol. The Morgan fingerprint density at radius 3 is 2.42 bits per heavy atom. The molecule has 156 valence electrons. The molecule has 0 radical (unpaired) electrons. The highest BCUT2D eigenvalue weighted by molar-refractivity contribution is 6.30. The maximum Gasteiger partial charge on any atom is 0.274 e. The Bertz CT molecular complexity index is 1110. The monoisotopic (exact) mass is 431 g/mol. The molecule has 7 heteroatoms. The summed E-state index contributed by atoms with van der Waals surface area (Å²) in [7, 11) is 0. The van der Waals surface area contributed by atoms with Crippen molar-refractivity contribution in [1.82, 2.24) is 25.3 Å². The summed E-state index contributed by atoms with van der Waals surface area (Å²) in [6.45, 7) is 0.695. The molecular formula is C24H22ClN5O. The van der Waals surface area contributed by atoms with Gasteiger partial charge in [0.1, 0.15) is 0 Å². The van der Waals surface area contributed by atoms with E-state index < -0.39 is 0 Å². The van der Waals surface area contributed by atoms with Crippen molar-refractivity contribution in [3.63, 3.8) is 0 Å². The molecule has 0 spiro atoms. The quantitative estimate of drug-likeness (QED) is 0.446. The van der Waals surface area contributed by atoms with Gasteiger partial charge in [-0.25, -0.2) is 0 Å². The van der Waals surface area contributed by atoms with Crippen molar-refractivity contribution in [2.24, 2.45) is 0 Å². The van der Waals surface area contributed by atoms with Crippen LogP contribution in [0.1, 0.15) is 39.6 Å². The van der Waals surface area contributed by atoms with Gasteiger partial charge in [0, 0.05) is 24.0 Å². The summed E-state index contributed by atoms with van der Waals surface area (Å²) in [5, 5.41) is 11.9. The molecule has 4 aromatic rings. The zero-order valence-electron chi connectivity index (χ0n) is 16.9. The summed E-state index contributed by atoms with van der Waals surface area (Å²) >= 11 is 6.03. The molecule has 2 aromatic carbocycles. The first-order chi connectivity index (χ1) is 15.2. The van der Waals surface area contributed by atoms with Crippen molar-refractivity contribution >= 4 is 17.5 Å². The number of nitrogens with zero attached hydrogens (tertiary/aromatic N) is 4. The van der Waals surface area contributed by atoms with Crippen molar-refractivity contribution in [2.45, 2.75) is 25.4 Å². The zero-order valence-corrected chi connectivity index (χ0v) is 17.6. The fourth-order valence-electron chi connectivity index (χ4n) is 3.38. The molecule has 0 bridgehead atoms. The van der Waals surface area contributed by atoms with E-state index in [-0.39, 0.29) is 17.6 Å². The topological polar surface area (TPSA) is 72.7 Å². The van der Waals surface area contributed by atoms with E-state index in [1.165, 1.54) is 5.56 Å². The number of aromatic nitrogens is 4. The molecule has 0 aliphatic heterocycles. The SMILES string of the molecule is O=C(N[C@@H](c1ccncc1)c1ccc(Cl)cc1)c1cn(CCCc2ccccc2)nn1. The van der Waals surface area contributed by atoms with Crippen LogP contribution in [0.5, 0.6) is 0 Å². The third-order valence-corrected chi connectivity index (χ3v) is 5.24. The molecule has 1 amide bonds. The molecule has 0 aliphatic rings. The standard InChI is InChI=1S/C24H22ClN5O/c25-21-10-8-19(9-11-21)23(20-12-14-26-15-13-20)27-24(31)22-17-30(29-28-22)16-4-7-18-5-2-1-3-6-18/h1-3,5-6,8-15,17,23H,4,7,16H2,(H,27,31)/t23-/m1/s1. The Morgan fingerprint density at radius 1 is 0.968 bits per heavy atom. The normalized spacial score (nSPS) is 11.8. The lowest BCUT2D eigenvalue weighted by Crippen LogP contribution is -2.29. The molecule has 0 saturated heterocycles. The highest BCUT2D eigenvalue weighted by Gasteiger charge is 2.20. The molecule has 6 nitrogen and oxygen atoms in total. The van der Waals surface area contributed by atoms with E-state index in [4.69, 9.17) is 11.6 Å². The number of halogens is 1. The van der Waals surface area contributed by atoms with Gasteiger partial charge in [-0.3, -0.25) is 14.5 Å². The first-order valence-electron chi connectivity index (χ1n) is 10.1. The molecule has 2 heterocycles. The minimum atomic E-state index is -0.351. The summed E-state index contributed by atoms with van der Waals surface area (Å²) in [5.41, 5.74) is 3.40. The minimum Gasteiger partial charge on any atom is -0.340 e. The third-order valence-electron chi connectivity index (χ3n) is 4.98. The molecule has 1 atom stereocenters. The van der Waals surface area contributed by atoms with Crippen LogP contribution in [0.25, 0.3) is 0 Å². The van der Waals surface area contributed by atoms with Crippen LogP contribution in [-0.2, 0) is 13.0 Å². The fraction of sp³-hybridized carbons (Fsp3) is 0.167. The predicted molar refractivity (Wildman–Crippen MR) is 120 cm³/mol. The van der Waals surface area contributed by atoms with E-state index in [1.54, 1.807) is 35.4 Å². The van der Waals surface area contributed by atoms with E-state index in [2.05, 4.69) is 32.7 Å². The molecule has 1 N–H and O–H groups in total. The molecule has 31 heavy (non-hydrogen) atoms. The van der Waals surface area contributed by atoms with Gasteiger partial charge < -0.3 is 5.32 Å². The van der Waals surface area contributed by atoms with Gasteiger partial charge in [-0.2, -0.15) is 0 Å². The maximum atomic E-state index is 12.9. The summed E-state index contributed by atoms with van der Waals surface area (Å²) in [6, 6.07) is 21.1. The third kappa shape index (κ3) is 5.55. The van der Waals surface area contributed by atoms with Crippen LogP contribution in [0, 0.1) is 0 Å². The van der Waals surface area contributed by atoms with E-state index in [0.717, 1.165) is 24.0 Å². The number of rotatable bonds is 8. The number of pyridine rings is 1. The number of carbonyl (C=O) groups excluding carboxylic acids is 1. The molecule has 0 unspecified atom stereocenters. The number of carbonyl (C=O) groups is 1. The zero-order chi connectivity index (χ0) is 21.5. The Balaban J connectivity index is 1.43. The second-order valence-corrected chi connectivity index (χ2v) is 7.63. The summed E-state index contributed by atoms with van der Waals surface area (Å²) < 4.78 is 1.71. The number of amides is 1. The number of aryl methyl sites for hydroxylation is 2. The maximum absolute atomic E-state index is 12.9. The van der Waals surface area contributed by atoms with E-state index in [9.17, 15) is 4.79 Å². The van der Waals surface area contributed by atoms with E-state index >= 15 is 0 Å². The summed E-state index contributed by atoms with van der Waals surface area (Å²) in [4.78, 5) is 17.0. The van der Waals surface area contributed by atoms with Crippen molar-refractivity contribution in [3.8, 4) is 0 Å². The van der Waals surface area contributed by atoms with Crippen molar-refractivity contribution in [2.75, 3.05) is 0 Å². The lowest BCUT2D eigenvalue weighted by molar-refractivity contribution is 0.0938. The van der Waals surface area contributed by atoms with Crippen LogP contribution in [0.2, 0.25) is 5.02 Å².